The molecule has 0 bridgehead atoms. The average molecular weight is 347 g/mol. The number of imidazole rings is 1. The van der Waals surface area contributed by atoms with Gasteiger partial charge in [-0.15, -0.1) is 0 Å². The Hall–Kier alpha value is -2.92. The molecule has 2 atom stereocenters. The zero-order valence-electron chi connectivity index (χ0n) is 14.4. The third kappa shape index (κ3) is 3.53. The third-order valence-corrected chi connectivity index (χ3v) is 4.70. The van der Waals surface area contributed by atoms with Crippen molar-refractivity contribution in [1.82, 2.24) is 15.3 Å². The molecule has 2 heterocycles. The predicted molar refractivity (Wildman–Crippen MR) is 98.5 cm³/mol. The highest BCUT2D eigenvalue weighted by Crippen LogP contribution is 2.28. The number of hydrogen-bond acceptors (Lipinski definition) is 3. The number of fused-ring (bicyclic) bond motifs is 1. The van der Waals surface area contributed by atoms with E-state index in [9.17, 15) is 4.79 Å². The van der Waals surface area contributed by atoms with Crippen molar-refractivity contribution in [3.8, 4) is 0 Å². The molecule has 1 aromatic heterocycles. The number of aromatic amines is 1. The minimum absolute atomic E-state index is 0.113. The van der Waals surface area contributed by atoms with Gasteiger partial charge in [0, 0.05) is 18.8 Å². The zero-order chi connectivity index (χ0) is 17.8. The van der Waals surface area contributed by atoms with Crippen LogP contribution in [0.3, 0.4) is 0 Å². The molecule has 0 radical (unpaired) electrons. The normalized spacial score (nSPS) is 17.3. The minimum Gasteiger partial charge on any atom is -0.363 e. The first-order chi connectivity index (χ1) is 12.8. The molecule has 26 heavy (non-hydrogen) atoms. The summed E-state index contributed by atoms with van der Waals surface area (Å²) in [7, 11) is 0. The number of nitrogens with zero attached hydrogens (tertiary/aromatic N) is 1. The topological polar surface area (TPSA) is 67.0 Å². The van der Waals surface area contributed by atoms with Crippen molar-refractivity contribution in [2.75, 3.05) is 6.61 Å². The number of rotatable bonds is 5. The average Bonchev–Trinajstić information content (AvgIpc) is 3.21. The van der Waals surface area contributed by atoms with Crippen molar-refractivity contribution < 1.29 is 9.53 Å². The highest BCUT2D eigenvalue weighted by atomic mass is 16.5. The number of ether oxygens (including phenoxy) is 1. The largest absolute Gasteiger partial charge is 0.363 e. The maximum Gasteiger partial charge on any atom is 0.254 e. The Bertz CT molecular complexity index is 862. The van der Waals surface area contributed by atoms with Gasteiger partial charge in [0.25, 0.3) is 5.91 Å². The first-order valence-corrected chi connectivity index (χ1v) is 8.84. The van der Waals surface area contributed by atoms with Crippen molar-refractivity contribution in [2.24, 2.45) is 0 Å². The number of H-pyrrole nitrogens is 1. The van der Waals surface area contributed by atoms with Gasteiger partial charge in [-0.25, -0.2) is 4.98 Å². The molecule has 1 aliphatic rings. The molecule has 4 rings (SSSR count). The Morgan fingerprint density at radius 2 is 2.00 bits per heavy atom. The van der Waals surface area contributed by atoms with Crippen LogP contribution in [0.5, 0.6) is 0 Å². The van der Waals surface area contributed by atoms with Crippen LogP contribution in [-0.4, -0.2) is 22.5 Å². The van der Waals surface area contributed by atoms with E-state index in [-0.39, 0.29) is 11.9 Å². The maximum atomic E-state index is 13.0. The molecule has 2 N–H and O–H groups in total. The lowest BCUT2D eigenvalue weighted by molar-refractivity contribution is -0.134. The van der Waals surface area contributed by atoms with E-state index in [0.29, 0.717) is 13.0 Å². The zero-order valence-corrected chi connectivity index (χ0v) is 14.4. The summed E-state index contributed by atoms with van der Waals surface area (Å²) >= 11 is 0. The second-order valence-corrected chi connectivity index (χ2v) is 6.41. The predicted octanol–water partition coefficient (Wildman–Crippen LogP) is 3.12. The molecular formula is C21H21N3O2. The van der Waals surface area contributed by atoms with Crippen LogP contribution in [0.25, 0.3) is 0 Å². The summed E-state index contributed by atoms with van der Waals surface area (Å²) in [4.78, 5) is 20.4. The van der Waals surface area contributed by atoms with Gasteiger partial charge >= 0.3 is 0 Å². The third-order valence-electron chi connectivity index (χ3n) is 4.70. The van der Waals surface area contributed by atoms with E-state index in [2.05, 4.69) is 21.4 Å². The molecule has 2 unspecified atom stereocenters. The highest BCUT2D eigenvalue weighted by Gasteiger charge is 2.29. The fraction of sp³-hybridized carbons (Fsp3) is 0.238. The van der Waals surface area contributed by atoms with Crippen LogP contribution in [0.2, 0.25) is 0 Å². The molecule has 0 spiro atoms. The van der Waals surface area contributed by atoms with Crippen LogP contribution in [0.4, 0.5) is 0 Å². The van der Waals surface area contributed by atoms with Gasteiger partial charge in [-0.3, -0.25) is 4.79 Å². The van der Waals surface area contributed by atoms with Gasteiger partial charge in [0.15, 0.2) is 6.10 Å². The van der Waals surface area contributed by atoms with Gasteiger partial charge in [-0.1, -0.05) is 54.6 Å². The molecule has 0 aliphatic carbocycles. The van der Waals surface area contributed by atoms with Crippen molar-refractivity contribution in [2.45, 2.75) is 25.0 Å². The number of benzene rings is 2. The number of hydrogen-bond donors (Lipinski definition) is 2. The quantitative estimate of drug-likeness (QED) is 0.745. The number of carbonyl (C=O) groups excluding carboxylic acids is 1. The van der Waals surface area contributed by atoms with Gasteiger partial charge in [-0.2, -0.15) is 0 Å². The van der Waals surface area contributed by atoms with Gasteiger partial charge in [0.05, 0.1) is 12.6 Å². The van der Waals surface area contributed by atoms with E-state index in [1.54, 1.807) is 12.4 Å². The fourth-order valence-electron chi connectivity index (χ4n) is 3.40. The van der Waals surface area contributed by atoms with Crippen molar-refractivity contribution in [3.05, 3.63) is 89.5 Å². The summed E-state index contributed by atoms with van der Waals surface area (Å²) in [5.41, 5.74) is 3.18. The van der Waals surface area contributed by atoms with Crippen molar-refractivity contribution in [1.29, 1.82) is 0 Å². The molecule has 0 saturated heterocycles. The number of carbonyl (C=O) groups is 1. The molecule has 1 amide bonds. The minimum atomic E-state index is -0.567. The summed E-state index contributed by atoms with van der Waals surface area (Å²) in [5.74, 6) is 0.724. The number of aromatic nitrogens is 2. The Labute approximate surface area is 152 Å². The molecular weight excluding hydrogens is 326 g/mol. The maximum absolute atomic E-state index is 13.0. The van der Waals surface area contributed by atoms with Gasteiger partial charge in [0.2, 0.25) is 0 Å². The lowest BCUT2D eigenvalue weighted by atomic mass is 9.96. The number of nitrogens with one attached hydrogen (secondary N) is 2. The van der Waals surface area contributed by atoms with E-state index in [4.69, 9.17) is 4.74 Å². The molecule has 5 nitrogen and oxygen atoms in total. The first-order valence-electron chi connectivity index (χ1n) is 8.84. The Balaban J connectivity index is 1.57. The van der Waals surface area contributed by atoms with E-state index >= 15 is 0 Å². The van der Waals surface area contributed by atoms with Gasteiger partial charge in [0.1, 0.15) is 5.82 Å². The first kappa shape index (κ1) is 16.5. The highest BCUT2D eigenvalue weighted by molar-refractivity contribution is 5.83. The number of amides is 1. The van der Waals surface area contributed by atoms with Crippen molar-refractivity contribution >= 4 is 5.91 Å². The fourth-order valence-corrected chi connectivity index (χ4v) is 3.40. The molecule has 0 saturated carbocycles. The Kier molecular flexibility index (Phi) is 4.80. The van der Waals surface area contributed by atoms with Crippen LogP contribution >= 0.6 is 0 Å². The second kappa shape index (κ2) is 7.54. The van der Waals surface area contributed by atoms with E-state index in [1.807, 2.05) is 48.5 Å². The van der Waals surface area contributed by atoms with Crippen LogP contribution in [0, 0.1) is 0 Å². The van der Waals surface area contributed by atoms with E-state index in [0.717, 1.165) is 23.4 Å². The molecule has 0 fully saturated rings. The van der Waals surface area contributed by atoms with Gasteiger partial charge in [-0.05, 0) is 23.1 Å². The molecule has 2 aromatic carbocycles. The summed E-state index contributed by atoms with van der Waals surface area (Å²) in [5, 5.41) is 3.16. The van der Waals surface area contributed by atoms with Crippen LogP contribution < -0.4 is 5.32 Å². The lowest BCUT2D eigenvalue weighted by Gasteiger charge is -2.27. The van der Waals surface area contributed by atoms with Crippen LogP contribution in [0.1, 0.15) is 34.7 Å². The summed E-state index contributed by atoms with van der Waals surface area (Å²) in [6.45, 7) is 0.559. The standard InChI is InChI=1S/C21H21N3O2/c25-21(20-17-9-5-4-6-15(17)10-13-26-20)24-18(14-19-22-11-12-23-19)16-7-2-1-3-8-16/h1-9,11-12,18,20H,10,13-14H2,(H,22,23)(H,24,25). The Morgan fingerprint density at radius 1 is 1.19 bits per heavy atom. The second-order valence-electron chi connectivity index (χ2n) is 6.41. The van der Waals surface area contributed by atoms with E-state index in [1.165, 1.54) is 5.56 Å². The van der Waals surface area contributed by atoms with E-state index < -0.39 is 6.10 Å². The smallest absolute Gasteiger partial charge is 0.254 e. The molecule has 132 valence electrons. The summed E-state index contributed by atoms with van der Waals surface area (Å²) in [6.07, 6.45) is 4.38. The molecule has 5 heteroatoms. The lowest BCUT2D eigenvalue weighted by Crippen LogP contribution is -2.37. The van der Waals surface area contributed by atoms with Crippen LogP contribution in [-0.2, 0) is 22.4 Å². The van der Waals surface area contributed by atoms with Crippen molar-refractivity contribution in [3.63, 3.8) is 0 Å². The monoisotopic (exact) mass is 347 g/mol. The molecule has 1 aliphatic heterocycles. The Morgan fingerprint density at radius 3 is 2.81 bits per heavy atom. The van der Waals surface area contributed by atoms with Gasteiger partial charge < -0.3 is 15.0 Å². The van der Waals surface area contributed by atoms with Crippen LogP contribution in [0.15, 0.2) is 67.0 Å². The molecule has 3 aromatic rings. The summed E-state index contributed by atoms with van der Waals surface area (Å²) < 4.78 is 5.80. The summed E-state index contributed by atoms with van der Waals surface area (Å²) in [6, 6.07) is 17.8. The SMILES string of the molecule is O=C(NC(Cc1ncc[nH]1)c1ccccc1)C1OCCc2ccccc21.